The summed E-state index contributed by atoms with van der Waals surface area (Å²) in [5.41, 5.74) is 2.24. The van der Waals surface area contributed by atoms with Gasteiger partial charge in [-0.2, -0.15) is 0 Å². The molecule has 0 radical (unpaired) electrons. The third-order valence-electron chi connectivity index (χ3n) is 4.42. The van der Waals surface area contributed by atoms with Crippen LogP contribution >= 0.6 is 22.9 Å². The molecule has 0 unspecified atom stereocenters. The van der Waals surface area contributed by atoms with E-state index in [4.69, 9.17) is 16.3 Å². The topological polar surface area (TPSA) is 76.6 Å². The van der Waals surface area contributed by atoms with Crippen molar-refractivity contribution in [1.29, 1.82) is 0 Å². The smallest absolute Gasteiger partial charge is 0.338 e. The number of rotatable bonds is 5. The third kappa shape index (κ3) is 4.06. The molecule has 3 aromatic rings. The number of amides is 2. The summed E-state index contributed by atoms with van der Waals surface area (Å²) in [7, 11) is 0. The lowest BCUT2D eigenvalue weighted by Crippen LogP contribution is -2.28. The standard InChI is InChI=1S/C21H15ClN2O4S/c22-17-4-2-1-3-16(17)20-23-14(12-29-20)11-28-21(27)13-5-7-15(8-6-13)24-18(25)9-10-19(24)26/h1-8,12H,9-11H2. The van der Waals surface area contributed by atoms with Gasteiger partial charge in [-0.1, -0.05) is 29.8 Å². The van der Waals surface area contributed by atoms with E-state index in [1.54, 1.807) is 18.2 Å². The highest BCUT2D eigenvalue weighted by molar-refractivity contribution is 7.13. The fourth-order valence-electron chi connectivity index (χ4n) is 2.97. The molecule has 2 heterocycles. The minimum Gasteiger partial charge on any atom is -0.456 e. The number of thiazole rings is 1. The zero-order valence-electron chi connectivity index (χ0n) is 15.1. The van der Waals surface area contributed by atoms with Crippen molar-refractivity contribution in [3.8, 4) is 10.6 Å². The number of carbonyl (C=O) groups excluding carboxylic acids is 3. The Morgan fingerprint density at radius 2 is 1.76 bits per heavy atom. The SMILES string of the molecule is O=C(OCc1csc(-c2ccccc2Cl)n1)c1ccc(N2C(=O)CCC2=O)cc1. The number of carbonyl (C=O) groups is 3. The molecule has 1 saturated heterocycles. The molecule has 0 aliphatic carbocycles. The minimum absolute atomic E-state index is 0.0324. The summed E-state index contributed by atoms with van der Waals surface area (Å²) in [6.45, 7) is 0.0324. The quantitative estimate of drug-likeness (QED) is 0.444. The van der Waals surface area contributed by atoms with Gasteiger partial charge in [0.15, 0.2) is 0 Å². The van der Waals surface area contributed by atoms with Gasteiger partial charge in [0.05, 0.1) is 22.0 Å². The number of imide groups is 1. The molecule has 4 rings (SSSR count). The summed E-state index contributed by atoms with van der Waals surface area (Å²) in [5, 5.41) is 3.19. The molecule has 29 heavy (non-hydrogen) atoms. The van der Waals surface area contributed by atoms with Crippen molar-refractivity contribution in [3.05, 3.63) is 70.2 Å². The second-order valence-electron chi connectivity index (χ2n) is 6.37. The van der Waals surface area contributed by atoms with Gasteiger partial charge in [0.2, 0.25) is 11.8 Å². The summed E-state index contributed by atoms with van der Waals surface area (Å²) in [4.78, 5) is 41.5. The van der Waals surface area contributed by atoms with Crippen molar-refractivity contribution >= 4 is 46.4 Å². The van der Waals surface area contributed by atoms with E-state index in [0.717, 1.165) is 15.5 Å². The lowest BCUT2D eigenvalue weighted by molar-refractivity contribution is -0.121. The van der Waals surface area contributed by atoms with Crippen LogP contribution < -0.4 is 4.90 Å². The Morgan fingerprint density at radius 1 is 1.07 bits per heavy atom. The zero-order chi connectivity index (χ0) is 20.4. The molecular weight excluding hydrogens is 412 g/mol. The van der Waals surface area contributed by atoms with Gasteiger partial charge in [-0.05, 0) is 30.3 Å². The molecule has 1 aliphatic heterocycles. The van der Waals surface area contributed by atoms with Gasteiger partial charge < -0.3 is 4.74 Å². The second-order valence-corrected chi connectivity index (χ2v) is 7.64. The molecule has 2 aromatic carbocycles. The molecule has 0 spiro atoms. The Morgan fingerprint density at radius 3 is 2.45 bits per heavy atom. The summed E-state index contributed by atoms with van der Waals surface area (Å²) >= 11 is 7.61. The minimum atomic E-state index is -0.511. The van der Waals surface area contributed by atoms with E-state index in [1.165, 1.54) is 23.5 Å². The van der Waals surface area contributed by atoms with Crippen LogP contribution in [0.2, 0.25) is 5.02 Å². The van der Waals surface area contributed by atoms with Gasteiger partial charge in [0, 0.05) is 23.8 Å². The van der Waals surface area contributed by atoms with Crippen molar-refractivity contribution < 1.29 is 19.1 Å². The maximum absolute atomic E-state index is 12.3. The molecule has 1 aromatic heterocycles. The maximum Gasteiger partial charge on any atom is 0.338 e. The predicted octanol–water partition coefficient (Wildman–Crippen LogP) is 4.47. The third-order valence-corrected chi connectivity index (χ3v) is 5.67. The van der Waals surface area contributed by atoms with Crippen LogP contribution in [0.5, 0.6) is 0 Å². The number of esters is 1. The van der Waals surface area contributed by atoms with Crippen LogP contribution in [0, 0.1) is 0 Å². The Bertz CT molecular complexity index is 1080. The first-order valence-corrected chi connectivity index (χ1v) is 10.1. The Balaban J connectivity index is 1.40. The average molecular weight is 427 g/mol. The number of halogens is 1. The molecule has 0 N–H and O–H groups in total. The number of anilines is 1. The van der Waals surface area contributed by atoms with Crippen molar-refractivity contribution in [2.24, 2.45) is 0 Å². The van der Waals surface area contributed by atoms with Crippen LogP contribution in [0.1, 0.15) is 28.9 Å². The molecule has 0 bridgehead atoms. The van der Waals surface area contributed by atoms with Gasteiger partial charge in [-0.3, -0.25) is 14.5 Å². The van der Waals surface area contributed by atoms with E-state index in [0.29, 0.717) is 22.0 Å². The summed E-state index contributed by atoms with van der Waals surface area (Å²) in [5.74, 6) is -0.978. The Kier molecular flexibility index (Phi) is 5.42. The molecular formula is C21H15ClN2O4S. The number of ether oxygens (including phenoxy) is 1. The van der Waals surface area contributed by atoms with Crippen molar-refractivity contribution in [2.75, 3.05) is 4.90 Å². The highest BCUT2D eigenvalue weighted by Crippen LogP contribution is 2.30. The second kappa shape index (κ2) is 8.14. The molecule has 2 amide bonds. The van der Waals surface area contributed by atoms with E-state index in [9.17, 15) is 14.4 Å². The Hall–Kier alpha value is -3.03. The fraction of sp³-hybridized carbons (Fsp3) is 0.143. The van der Waals surface area contributed by atoms with Gasteiger partial charge >= 0.3 is 5.97 Å². The maximum atomic E-state index is 12.3. The van der Waals surface area contributed by atoms with E-state index in [-0.39, 0.29) is 31.3 Å². The Labute approximate surface area is 175 Å². The van der Waals surface area contributed by atoms with E-state index in [2.05, 4.69) is 4.98 Å². The molecule has 6 nitrogen and oxygen atoms in total. The average Bonchev–Trinajstić information content (AvgIpc) is 3.33. The summed E-state index contributed by atoms with van der Waals surface area (Å²) in [6.07, 6.45) is 0.429. The predicted molar refractivity (Wildman–Crippen MR) is 110 cm³/mol. The molecule has 8 heteroatoms. The highest BCUT2D eigenvalue weighted by Gasteiger charge is 2.30. The van der Waals surface area contributed by atoms with Crippen LogP contribution in [-0.4, -0.2) is 22.8 Å². The lowest BCUT2D eigenvalue weighted by atomic mass is 10.2. The van der Waals surface area contributed by atoms with Gasteiger partial charge in [-0.15, -0.1) is 11.3 Å². The van der Waals surface area contributed by atoms with E-state index in [1.807, 2.05) is 23.6 Å². The normalized spacial score (nSPS) is 13.8. The van der Waals surface area contributed by atoms with Crippen molar-refractivity contribution in [1.82, 2.24) is 4.98 Å². The summed E-state index contributed by atoms with van der Waals surface area (Å²) in [6, 6.07) is 13.6. The largest absolute Gasteiger partial charge is 0.456 e. The monoisotopic (exact) mass is 426 g/mol. The number of hydrogen-bond donors (Lipinski definition) is 0. The molecule has 146 valence electrons. The number of benzene rings is 2. The highest BCUT2D eigenvalue weighted by atomic mass is 35.5. The van der Waals surface area contributed by atoms with E-state index >= 15 is 0 Å². The first-order valence-electron chi connectivity index (χ1n) is 8.85. The van der Waals surface area contributed by atoms with Crippen LogP contribution in [0.25, 0.3) is 10.6 Å². The van der Waals surface area contributed by atoms with Crippen molar-refractivity contribution in [3.63, 3.8) is 0 Å². The first kappa shape index (κ1) is 19.3. The van der Waals surface area contributed by atoms with Crippen molar-refractivity contribution in [2.45, 2.75) is 19.4 Å². The number of nitrogens with zero attached hydrogens (tertiary/aromatic N) is 2. The lowest BCUT2D eigenvalue weighted by Gasteiger charge is -2.13. The van der Waals surface area contributed by atoms with E-state index < -0.39 is 5.97 Å². The van der Waals surface area contributed by atoms with Crippen LogP contribution in [0.4, 0.5) is 5.69 Å². The first-order chi connectivity index (χ1) is 14.0. The number of hydrogen-bond acceptors (Lipinski definition) is 6. The van der Waals surface area contributed by atoms with Crippen LogP contribution in [0.15, 0.2) is 53.9 Å². The zero-order valence-corrected chi connectivity index (χ0v) is 16.7. The fourth-order valence-corrected chi connectivity index (χ4v) is 4.09. The summed E-state index contributed by atoms with van der Waals surface area (Å²) < 4.78 is 5.33. The van der Waals surface area contributed by atoms with Gasteiger partial charge in [-0.25, -0.2) is 9.78 Å². The van der Waals surface area contributed by atoms with Crippen LogP contribution in [-0.2, 0) is 20.9 Å². The number of aromatic nitrogens is 1. The van der Waals surface area contributed by atoms with Gasteiger partial charge in [0.25, 0.3) is 0 Å². The molecule has 0 saturated carbocycles. The van der Waals surface area contributed by atoms with Gasteiger partial charge in [0.1, 0.15) is 11.6 Å². The molecule has 1 fully saturated rings. The molecule has 1 aliphatic rings. The molecule has 0 atom stereocenters. The van der Waals surface area contributed by atoms with Crippen LogP contribution in [0.3, 0.4) is 0 Å².